The fraction of sp³-hybridized carbons (Fsp3) is 0. The van der Waals surface area contributed by atoms with Gasteiger partial charge in [0.15, 0.2) is 34.9 Å². The van der Waals surface area contributed by atoms with E-state index >= 15 is 0 Å². The van der Waals surface area contributed by atoms with Crippen molar-refractivity contribution in [2.75, 3.05) is 0 Å². The first-order valence-electron chi connectivity index (χ1n) is 43.2. The number of hydrogen-bond donors (Lipinski definition) is 0. The van der Waals surface area contributed by atoms with Gasteiger partial charge in [-0.1, -0.05) is 334 Å². The molecule has 0 bridgehead atoms. The van der Waals surface area contributed by atoms with Gasteiger partial charge in [0.05, 0.1) is 33.2 Å². The van der Waals surface area contributed by atoms with E-state index in [0.29, 0.717) is 46.1 Å². The van der Waals surface area contributed by atoms with Gasteiger partial charge < -0.3 is 18.0 Å². The number of benzene rings is 20. The van der Waals surface area contributed by atoms with Gasteiger partial charge in [-0.3, -0.25) is 0 Å². The quantitative estimate of drug-likeness (QED) is 0.112. The van der Waals surface area contributed by atoms with Gasteiger partial charge in [-0.15, -0.1) is 0 Å². The number of para-hydroxylation sites is 3. The van der Waals surface area contributed by atoms with Crippen molar-refractivity contribution in [1.82, 2.24) is 39.0 Å². The largest absolute Gasteiger partial charge is 0.455 e. The van der Waals surface area contributed by atoms with Gasteiger partial charge in [-0.05, 0) is 190 Å². The molecule has 10 heteroatoms. The van der Waals surface area contributed by atoms with E-state index in [0.717, 1.165) is 198 Å². The van der Waals surface area contributed by atoms with Crippen molar-refractivity contribution in [2.24, 2.45) is 0 Å². The second-order valence-corrected chi connectivity index (χ2v) is 33.2. The third kappa shape index (κ3) is 12.1. The van der Waals surface area contributed by atoms with E-state index in [1.54, 1.807) is 0 Å². The summed E-state index contributed by atoms with van der Waals surface area (Å²) in [5, 5.41) is 17.4. The van der Waals surface area contributed by atoms with Gasteiger partial charge in [0.25, 0.3) is 0 Å². The molecule has 128 heavy (non-hydrogen) atoms. The van der Waals surface area contributed by atoms with E-state index < -0.39 is 0 Å². The topological polar surface area (TPSA) is 113 Å². The van der Waals surface area contributed by atoms with E-state index in [9.17, 15) is 0 Å². The maximum atomic E-state index is 7.11. The molecule has 10 nitrogen and oxygen atoms in total. The van der Waals surface area contributed by atoms with E-state index in [-0.39, 0.29) is 0 Å². The zero-order valence-electron chi connectivity index (χ0n) is 68.8. The zero-order valence-corrected chi connectivity index (χ0v) is 68.8. The number of fused-ring (bicyclic) bond motifs is 18. The summed E-state index contributed by atoms with van der Waals surface area (Å²) in [6.45, 7) is 0. The van der Waals surface area contributed by atoms with Gasteiger partial charge in [0, 0.05) is 76.7 Å². The SMILES string of the molecule is c1ccc(-c2ccc(-c3nc(-c4ccc(-c5ccccc5)cc4)nc(-c4cc5cc(-n6c7cc(-c8ccc9cc%10c%11ccccc%11n(-c%11ccc%12cc(-c%13nc(-c%14ccc(-c%15ccccc%15)cc%14)nc(-c%14ccc(-c%15ccccc%15)cc%14)n%13)c%13oc%14ccccc%14c%13c%12c%11)c%10cc9c8)ccc7c7cc8ccccc8cc76)ccc5c5c4oc4ccccc45)n3)cc2)cc1. The predicted molar refractivity (Wildman–Crippen MR) is 526 cm³/mol. The lowest BCUT2D eigenvalue weighted by molar-refractivity contribution is 0.669. The third-order valence-electron chi connectivity index (χ3n) is 25.8. The molecule has 26 aromatic rings. The lowest BCUT2D eigenvalue weighted by atomic mass is 9.98. The Morgan fingerprint density at radius 3 is 1.00 bits per heavy atom. The average molecular weight is 1630 g/mol. The van der Waals surface area contributed by atoms with Crippen LogP contribution in [0.5, 0.6) is 0 Å². The van der Waals surface area contributed by atoms with Gasteiger partial charge >= 0.3 is 0 Å². The lowest BCUT2D eigenvalue weighted by Gasteiger charge is -2.13. The molecule has 0 atom stereocenters. The molecule has 0 spiro atoms. The smallest absolute Gasteiger partial charge is 0.167 e. The molecule has 0 saturated carbocycles. The first-order valence-corrected chi connectivity index (χ1v) is 43.2. The van der Waals surface area contributed by atoms with Crippen molar-refractivity contribution in [3.63, 3.8) is 0 Å². The van der Waals surface area contributed by atoms with Crippen LogP contribution in [0.1, 0.15) is 0 Å². The number of furan rings is 2. The zero-order chi connectivity index (χ0) is 84.0. The molecule has 0 unspecified atom stereocenters. The third-order valence-corrected chi connectivity index (χ3v) is 25.8. The van der Waals surface area contributed by atoms with Crippen LogP contribution < -0.4 is 0 Å². The standard InChI is InChI=1S/C118H70N8O2/c1-5-21-71(22-6-1)75-37-45-79(46-38-75)113-119-114(80-47-39-76(40-48-80)72-23-7-2-8-24-72)122-117(121-113)101-65-88-55-57-92(70-98(88)110-97-33-17-20-36-108(97)128-112(101)110)125-103-34-18-15-31-94(103)99-64-86-54-53-85(61-89(86)69-106(99)125)87-56-59-95-100-63-83-29-13-14-30-84(83)67-105(100)126(104(95)68-87)91-58-60-93-90(62-91)66-102(111-109(93)96-32-16-19-35-107(96)127-111)118-123-115(81-49-41-77(42-50-81)73-25-9-3-10-26-73)120-116(124-118)82-51-43-78(44-52-82)74-27-11-4-12-28-74/h1-70H. The summed E-state index contributed by atoms with van der Waals surface area (Å²) in [5.74, 6) is 3.26. The minimum Gasteiger partial charge on any atom is -0.455 e. The summed E-state index contributed by atoms with van der Waals surface area (Å²) >= 11 is 0. The summed E-state index contributed by atoms with van der Waals surface area (Å²) in [6.07, 6.45) is 0. The molecule has 0 amide bonds. The Kier molecular flexibility index (Phi) is 16.5. The maximum Gasteiger partial charge on any atom is 0.167 e. The average Bonchev–Trinajstić information content (AvgIpc) is 1.56. The molecular weight excluding hydrogens is 1560 g/mol. The van der Waals surface area contributed by atoms with Gasteiger partial charge in [-0.25, -0.2) is 29.9 Å². The van der Waals surface area contributed by atoms with Crippen LogP contribution in [0.3, 0.4) is 0 Å². The molecule has 0 N–H and O–H groups in total. The minimum atomic E-state index is 0.506. The highest BCUT2D eigenvalue weighted by Crippen LogP contribution is 2.48. The molecule has 0 radical (unpaired) electrons. The number of aromatic nitrogens is 8. The van der Waals surface area contributed by atoms with Crippen LogP contribution >= 0.6 is 0 Å². The van der Waals surface area contributed by atoms with Crippen LogP contribution in [0.2, 0.25) is 0 Å². The number of nitrogens with zero attached hydrogens (tertiary/aromatic N) is 8. The van der Waals surface area contributed by atoms with E-state index in [1.165, 1.54) is 21.5 Å². The maximum absolute atomic E-state index is 7.11. The molecule has 26 rings (SSSR count). The van der Waals surface area contributed by atoms with Crippen molar-refractivity contribution in [3.05, 3.63) is 425 Å². The number of rotatable bonds is 13. The van der Waals surface area contributed by atoms with Crippen molar-refractivity contribution in [1.29, 1.82) is 0 Å². The molecule has 594 valence electrons. The van der Waals surface area contributed by atoms with Crippen LogP contribution in [0, 0.1) is 0 Å². The summed E-state index contributed by atoms with van der Waals surface area (Å²) in [6, 6.07) is 152. The molecule has 0 saturated heterocycles. The van der Waals surface area contributed by atoms with Gasteiger partial charge in [0.2, 0.25) is 0 Å². The fourth-order valence-corrected chi connectivity index (χ4v) is 19.5. The van der Waals surface area contributed by atoms with Crippen LogP contribution in [-0.2, 0) is 0 Å². The van der Waals surface area contributed by atoms with Crippen molar-refractivity contribution >= 4 is 131 Å². The Labute approximate surface area is 733 Å². The highest BCUT2D eigenvalue weighted by Gasteiger charge is 2.27. The monoisotopic (exact) mass is 1630 g/mol. The number of hydrogen-bond acceptors (Lipinski definition) is 8. The molecule has 6 aromatic heterocycles. The Hall–Kier alpha value is -17.3. The lowest BCUT2D eigenvalue weighted by Crippen LogP contribution is -2.01. The molecule has 20 aromatic carbocycles. The Morgan fingerprint density at radius 2 is 0.492 bits per heavy atom. The van der Waals surface area contributed by atoms with E-state index in [1.807, 2.05) is 42.5 Å². The van der Waals surface area contributed by atoms with Crippen molar-refractivity contribution < 1.29 is 8.83 Å². The van der Waals surface area contributed by atoms with Gasteiger partial charge in [0.1, 0.15) is 22.3 Å². The Morgan fingerprint density at radius 1 is 0.164 bits per heavy atom. The minimum absolute atomic E-state index is 0.506. The summed E-state index contributed by atoms with van der Waals surface area (Å²) in [7, 11) is 0. The van der Waals surface area contributed by atoms with Crippen molar-refractivity contribution in [2.45, 2.75) is 0 Å². The summed E-state index contributed by atoms with van der Waals surface area (Å²) in [4.78, 5) is 32.2. The normalized spacial score (nSPS) is 11.9. The molecule has 0 fully saturated rings. The second kappa shape index (κ2) is 29.2. The fourth-order valence-electron chi connectivity index (χ4n) is 19.5. The highest BCUT2D eigenvalue weighted by molar-refractivity contribution is 6.25. The highest BCUT2D eigenvalue weighted by atomic mass is 16.3. The summed E-state index contributed by atoms with van der Waals surface area (Å²) < 4.78 is 19.0. The first kappa shape index (κ1) is 72.3. The van der Waals surface area contributed by atoms with Crippen LogP contribution in [0.25, 0.3) is 266 Å². The molecule has 0 aliphatic heterocycles. The van der Waals surface area contributed by atoms with Crippen molar-refractivity contribution in [3.8, 4) is 135 Å². The second-order valence-electron chi connectivity index (χ2n) is 33.2. The molecule has 0 aliphatic rings. The van der Waals surface area contributed by atoms with Crippen LogP contribution in [0.15, 0.2) is 433 Å². The van der Waals surface area contributed by atoms with Crippen LogP contribution in [0.4, 0.5) is 0 Å². The van der Waals surface area contributed by atoms with E-state index in [4.69, 9.17) is 38.7 Å². The van der Waals surface area contributed by atoms with E-state index in [2.05, 4.69) is 391 Å². The Balaban J connectivity index is 0.610. The molecule has 6 heterocycles. The van der Waals surface area contributed by atoms with Gasteiger partial charge in [-0.2, -0.15) is 0 Å². The first-order chi connectivity index (χ1) is 63.4. The molecule has 0 aliphatic carbocycles. The predicted octanol–water partition coefficient (Wildman–Crippen LogP) is 31.0. The van der Waals surface area contributed by atoms with Crippen LogP contribution in [-0.4, -0.2) is 39.0 Å². The molecular formula is C118H70N8O2. The Bertz CT molecular complexity index is 8810. The summed E-state index contributed by atoms with van der Waals surface area (Å²) in [5.41, 5.74) is 25.6.